The second-order valence-corrected chi connectivity index (χ2v) is 4.79. The summed E-state index contributed by atoms with van der Waals surface area (Å²) in [6.07, 6.45) is 13.8. The van der Waals surface area contributed by atoms with Crippen molar-refractivity contribution < 1.29 is 0 Å². The first-order chi connectivity index (χ1) is 7.35. The van der Waals surface area contributed by atoms with Crippen molar-refractivity contribution in [3.8, 4) is 0 Å². The maximum Gasteiger partial charge on any atom is -0.00772 e. The lowest BCUT2D eigenvalue weighted by Gasteiger charge is -2.16. The number of unbranched alkanes of at least 4 members (excludes halogenated alkanes) is 4. The summed E-state index contributed by atoms with van der Waals surface area (Å²) in [5.41, 5.74) is 5.59. The van der Waals surface area contributed by atoms with Gasteiger partial charge in [0.25, 0.3) is 0 Å². The highest BCUT2D eigenvalue weighted by Crippen LogP contribution is 2.21. The molecule has 0 aliphatic carbocycles. The zero-order valence-electron chi connectivity index (χ0n) is 10.9. The van der Waals surface area contributed by atoms with Crippen LogP contribution in [0.1, 0.15) is 78.1 Å². The molecule has 0 saturated heterocycles. The van der Waals surface area contributed by atoms with E-state index in [-0.39, 0.29) is 0 Å². The summed E-state index contributed by atoms with van der Waals surface area (Å²) in [7, 11) is 0. The van der Waals surface area contributed by atoms with E-state index in [9.17, 15) is 0 Å². The van der Waals surface area contributed by atoms with Crippen LogP contribution in [0.15, 0.2) is 0 Å². The fourth-order valence-corrected chi connectivity index (χ4v) is 2.21. The molecule has 0 aliphatic rings. The van der Waals surface area contributed by atoms with E-state index in [2.05, 4.69) is 13.8 Å². The SMILES string of the molecule is CCCCCC(CCCN)CCCCC. The summed E-state index contributed by atoms with van der Waals surface area (Å²) < 4.78 is 0. The summed E-state index contributed by atoms with van der Waals surface area (Å²) in [4.78, 5) is 0. The quantitative estimate of drug-likeness (QED) is 0.502. The van der Waals surface area contributed by atoms with E-state index in [1.54, 1.807) is 0 Å². The molecule has 0 amide bonds. The molecule has 0 radical (unpaired) electrons. The molecule has 0 heterocycles. The Hall–Kier alpha value is -0.0400. The van der Waals surface area contributed by atoms with Crippen molar-refractivity contribution in [2.45, 2.75) is 78.1 Å². The van der Waals surface area contributed by atoms with Gasteiger partial charge in [0.05, 0.1) is 0 Å². The molecule has 0 rings (SSSR count). The maximum atomic E-state index is 5.59. The first-order valence-electron chi connectivity index (χ1n) is 7.05. The Labute approximate surface area is 96.8 Å². The van der Waals surface area contributed by atoms with Crippen LogP contribution in [-0.4, -0.2) is 6.54 Å². The predicted octanol–water partition coefficient (Wildman–Crippen LogP) is 4.50. The van der Waals surface area contributed by atoms with Crippen LogP contribution in [0.5, 0.6) is 0 Å². The fraction of sp³-hybridized carbons (Fsp3) is 1.00. The number of nitrogens with two attached hydrogens (primary N) is 1. The van der Waals surface area contributed by atoms with E-state index in [4.69, 9.17) is 5.73 Å². The second kappa shape index (κ2) is 12.0. The van der Waals surface area contributed by atoms with Crippen molar-refractivity contribution in [3.63, 3.8) is 0 Å². The molecule has 2 N–H and O–H groups in total. The highest BCUT2D eigenvalue weighted by Gasteiger charge is 2.07. The zero-order chi connectivity index (χ0) is 11.4. The molecule has 0 fully saturated rings. The average Bonchev–Trinajstić information content (AvgIpc) is 2.25. The van der Waals surface area contributed by atoms with Crippen molar-refractivity contribution in [2.75, 3.05) is 6.54 Å². The maximum absolute atomic E-state index is 5.59. The van der Waals surface area contributed by atoms with Crippen LogP contribution in [0.2, 0.25) is 0 Å². The third-order valence-corrected chi connectivity index (χ3v) is 3.25. The van der Waals surface area contributed by atoms with E-state index in [0.717, 1.165) is 12.5 Å². The molecular formula is C14H31N. The van der Waals surface area contributed by atoms with Crippen molar-refractivity contribution >= 4 is 0 Å². The molecule has 0 unspecified atom stereocenters. The Balaban J connectivity index is 3.53. The lowest BCUT2D eigenvalue weighted by atomic mass is 9.91. The minimum Gasteiger partial charge on any atom is -0.330 e. The average molecular weight is 213 g/mol. The van der Waals surface area contributed by atoms with Crippen LogP contribution in [0.25, 0.3) is 0 Å². The van der Waals surface area contributed by atoms with Crippen LogP contribution < -0.4 is 5.73 Å². The molecule has 92 valence electrons. The Kier molecular flexibility index (Phi) is 12.0. The Morgan fingerprint density at radius 2 is 1.20 bits per heavy atom. The third-order valence-electron chi connectivity index (χ3n) is 3.25. The van der Waals surface area contributed by atoms with E-state index >= 15 is 0 Å². The lowest BCUT2D eigenvalue weighted by Crippen LogP contribution is -2.06. The normalized spacial score (nSPS) is 11.2. The molecule has 0 aromatic rings. The second-order valence-electron chi connectivity index (χ2n) is 4.79. The number of hydrogen-bond donors (Lipinski definition) is 1. The smallest absolute Gasteiger partial charge is 0.00772 e. The summed E-state index contributed by atoms with van der Waals surface area (Å²) >= 11 is 0. The van der Waals surface area contributed by atoms with Crippen LogP contribution in [0, 0.1) is 5.92 Å². The zero-order valence-corrected chi connectivity index (χ0v) is 10.9. The largest absolute Gasteiger partial charge is 0.330 e. The minimum absolute atomic E-state index is 0.873. The van der Waals surface area contributed by atoms with Crippen molar-refractivity contribution in [1.82, 2.24) is 0 Å². The summed E-state index contributed by atoms with van der Waals surface area (Å²) in [5.74, 6) is 0.964. The summed E-state index contributed by atoms with van der Waals surface area (Å²) in [6.45, 7) is 5.44. The van der Waals surface area contributed by atoms with Gasteiger partial charge in [-0.25, -0.2) is 0 Å². The Bertz CT molecular complexity index is 102. The van der Waals surface area contributed by atoms with E-state index < -0.39 is 0 Å². The predicted molar refractivity (Wildman–Crippen MR) is 70.1 cm³/mol. The van der Waals surface area contributed by atoms with Crippen LogP contribution in [0.3, 0.4) is 0 Å². The van der Waals surface area contributed by atoms with Gasteiger partial charge in [-0.1, -0.05) is 65.2 Å². The molecule has 0 saturated carbocycles. The van der Waals surface area contributed by atoms with Gasteiger partial charge in [0.1, 0.15) is 0 Å². The first kappa shape index (κ1) is 15.0. The number of rotatable bonds is 11. The monoisotopic (exact) mass is 213 g/mol. The van der Waals surface area contributed by atoms with Crippen molar-refractivity contribution in [1.29, 1.82) is 0 Å². The summed E-state index contributed by atoms with van der Waals surface area (Å²) in [6, 6.07) is 0. The van der Waals surface area contributed by atoms with Crippen LogP contribution in [-0.2, 0) is 0 Å². The fourth-order valence-electron chi connectivity index (χ4n) is 2.21. The van der Waals surface area contributed by atoms with Gasteiger partial charge < -0.3 is 5.73 Å². The molecule has 0 aromatic heterocycles. The van der Waals surface area contributed by atoms with Gasteiger partial charge >= 0.3 is 0 Å². The highest BCUT2D eigenvalue weighted by molar-refractivity contribution is 4.61. The van der Waals surface area contributed by atoms with E-state index in [1.807, 2.05) is 0 Å². The van der Waals surface area contributed by atoms with Gasteiger partial charge in [-0.05, 0) is 25.3 Å². The van der Waals surface area contributed by atoms with Gasteiger partial charge in [0.15, 0.2) is 0 Å². The van der Waals surface area contributed by atoms with E-state index in [1.165, 1.54) is 64.2 Å². The Morgan fingerprint density at radius 1 is 0.733 bits per heavy atom. The first-order valence-corrected chi connectivity index (χ1v) is 7.05. The standard InChI is InChI=1S/C14H31N/c1-3-5-7-10-14(12-9-13-15)11-8-6-4-2/h14H,3-13,15H2,1-2H3. The van der Waals surface area contributed by atoms with E-state index in [0.29, 0.717) is 0 Å². The van der Waals surface area contributed by atoms with Crippen molar-refractivity contribution in [3.05, 3.63) is 0 Å². The minimum atomic E-state index is 0.873. The highest BCUT2D eigenvalue weighted by atomic mass is 14.5. The molecule has 15 heavy (non-hydrogen) atoms. The molecule has 1 nitrogen and oxygen atoms in total. The van der Waals surface area contributed by atoms with Crippen LogP contribution >= 0.6 is 0 Å². The van der Waals surface area contributed by atoms with Gasteiger partial charge in [-0.15, -0.1) is 0 Å². The number of hydrogen-bond acceptors (Lipinski definition) is 1. The molecule has 0 aromatic carbocycles. The van der Waals surface area contributed by atoms with Gasteiger partial charge in [0, 0.05) is 0 Å². The molecule has 0 spiro atoms. The van der Waals surface area contributed by atoms with Crippen molar-refractivity contribution in [2.24, 2.45) is 11.7 Å². The molecule has 0 atom stereocenters. The van der Waals surface area contributed by atoms with Gasteiger partial charge in [0.2, 0.25) is 0 Å². The topological polar surface area (TPSA) is 26.0 Å². The third kappa shape index (κ3) is 10.2. The molecular weight excluding hydrogens is 182 g/mol. The van der Waals surface area contributed by atoms with Crippen LogP contribution in [0.4, 0.5) is 0 Å². The Morgan fingerprint density at radius 3 is 1.60 bits per heavy atom. The molecule has 1 heteroatoms. The lowest BCUT2D eigenvalue weighted by molar-refractivity contribution is 0.379. The van der Waals surface area contributed by atoms with Gasteiger partial charge in [-0.3, -0.25) is 0 Å². The summed E-state index contributed by atoms with van der Waals surface area (Å²) in [5, 5.41) is 0. The molecule has 0 bridgehead atoms. The molecule has 0 aliphatic heterocycles. The van der Waals surface area contributed by atoms with Gasteiger partial charge in [-0.2, -0.15) is 0 Å².